The summed E-state index contributed by atoms with van der Waals surface area (Å²) in [6, 6.07) is 1.73. The highest BCUT2D eigenvalue weighted by atomic mass is 19.4. The van der Waals surface area contributed by atoms with Crippen LogP contribution in [0.2, 0.25) is 0 Å². The molecule has 1 aliphatic rings. The number of ether oxygens (including phenoxy) is 1. The highest BCUT2D eigenvalue weighted by Crippen LogP contribution is 2.36. The van der Waals surface area contributed by atoms with Crippen LogP contribution in [-0.4, -0.2) is 93.5 Å². The number of pyridine rings is 1. The predicted molar refractivity (Wildman–Crippen MR) is 148 cm³/mol. The van der Waals surface area contributed by atoms with E-state index in [0.717, 1.165) is 6.07 Å². The van der Waals surface area contributed by atoms with E-state index < -0.39 is 34.8 Å². The fourth-order valence-corrected chi connectivity index (χ4v) is 4.52. The van der Waals surface area contributed by atoms with Crippen LogP contribution in [-0.2, 0) is 12.7 Å². The van der Waals surface area contributed by atoms with E-state index in [0.29, 0.717) is 44.4 Å². The molecule has 1 fully saturated rings. The van der Waals surface area contributed by atoms with Crippen molar-refractivity contribution in [3.63, 3.8) is 0 Å². The average Bonchev–Trinajstić information content (AvgIpc) is 2.95. The number of hydrogen-bond acceptors (Lipinski definition) is 9. The summed E-state index contributed by atoms with van der Waals surface area (Å²) in [6.45, 7) is 3.55. The number of rotatable bonds is 10. The van der Waals surface area contributed by atoms with Gasteiger partial charge in [0.15, 0.2) is 11.6 Å². The minimum Gasteiger partial charge on any atom is -0.485 e. The van der Waals surface area contributed by atoms with Gasteiger partial charge < -0.3 is 30.6 Å². The van der Waals surface area contributed by atoms with Crippen LogP contribution in [0.3, 0.4) is 0 Å². The number of H-pyrrole nitrogens is 1. The van der Waals surface area contributed by atoms with Gasteiger partial charge in [-0.3, -0.25) is 14.6 Å². The number of β-amino-alcohol motifs (C(OH)–C–C–N with tert-alkyl or cyclic N) is 1. The average molecular weight is 610 g/mol. The molecule has 12 nitrogen and oxygen atoms in total. The summed E-state index contributed by atoms with van der Waals surface area (Å²) in [6.07, 6.45) is -2.19. The zero-order chi connectivity index (χ0) is 31.1. The van der Waals surface area contributed by atoms with Crippen LogP contribution in [0.25, 0.3) is 11.4 Å². The molecule has 5 N–H and O–H groups in total. The molecule has 3 aromatic rings. The van der Waals surface area contributed by atoms with Gasteiger partial charge in [-0.05, 0) is 30.7 Å². The highest BCUT2D eigenvalue weighted by Gasteiger charge is 2.35. The Kier molecular flexibility index (Phi) is 10.3. The van der Waals surface area contributed by atoms with Gasteiger partial charge in [0, 0.05) is 51.0 Å². The highest BCUT2D eigenvalue weighted by molar-refractivity contribution is 6.00. The zero-order valence-corrected chi connectivity index (χ0v) is 23.2. The molecule has 0 bridgehead atoms. The lowest BCUT2D eigenvalue weighted by molar-refractivity contribution is -0.138. The molecule has 1 aromatic carbocycles. The van der Waals surface area contributed by atoms with E-state index in [2.05, 4.69) is 25.6 Å². The third-order valence-corrected chi connectivity index (χ3v) is 6.73. The van der Waals surface area contributed by atoms with Gasteiger partial charge in [-0.1, -0.05) is 0 Å². The Bertz CT molecular complexity index is 1490. The molecule has 0 aliphatic carbocycles. The fraction of sp³-hybridized carbons (Fsp3) is 0.407. The van der Waals surface area contributed by atoms with E-state index >= 15 is 0 Å². The molecule has 0 spiro atoms. The summed E-state index contributed by atoms with van der Waals surface area (Å²) in [5.41, 5.74) is -1.73. The number of aromatic nitrogens is 3. The topological polar surface area (TPSA) is 156 Å². The predicted octanol–water partition coefficient (Wildman–Crippen LogP) is 2.42. The molecule has 0 atom stereocenters. The van der Waals surface area contributed by atoms with Crippen molar-refractivity contribution in [3.05, 3.63) is 63.6 Å². The molecule has 0 saturated carbocycles. The lowest BCUT2D eigenvalue weighted by Crippen LogP contribution is -2.46. The second-order valence-corrected chi connectivity index (χ2v) is 9.75. The number of nitrogens with one attached hydrogen (secondary N) is 3. The molecular weight excluding hydrogens is 578 g/mol. The third kappa shape index (κ3) is 8.25. The molecule has 4 rings (SSSR count). The van der Waals surface area contributed by atoms with Crippen LogP contribution in [0.4, 0.5) is 33.7 Å². The van der Waals surface area contributed by atoms with Gasteiger partial charge in [-0.15, -0.1) is 0 Å². The minimum atomic E-state index is -4.79. The van der Waals surface area contributed by atoms with Crippen LogP contribution in [0, 0.1) is 12.7 Å². The second kappa shape index (κ2) is 13.9. The van der Waals surface area contributed by atoms with Crippen molar-refractivity contribution in [2.45, 2.75) is 19.6 Å². The largest absolute Gasteiger partial charge is 0.485 e. The van der Waals surface area contributed by atoms with Crippen molar-refractivity contribution in [1.29, 1.82) is 0 Å². The van der Waals surface area contributed by atoms with Crippen molar-refractivity contribution < 1.29 is 37.3 Å². The van der Waals surface area contributed by atoms with Gasteiger partial charge in [0.25, 0.3) is 5.56 Å². The number of aliphatic hydroxyl groups excluding tert-OH is 2. The lowest BCUT2D eigenvalue weighted by Gasteiger charge is -2.34. The van der Waals surface area contributed by atoms with E-state index in [1.54, 1.807) is 4.90 Å². The number of hydrogen-bond donors (Lipinski definition) is 5. The van der Waals surface area contributed by atoms with Gasteiger partial charge >= 0.3 is 12.2 Å². The number of amides is 2. The first kappa shape index (κ1) is 31.8. The lowest BCUT2D eigenvalue weighted by atomic mass is 10.0. The van der Waals surface area contributed by atoms with Crippen molar-refractivity contribution in [1.82, 2.24) is 24.8 Å². The van der Waals surface area contributed by atoms with Gasteiger partial charge in [-0.25, -0.2) is 19.2 Å². The van der Waals surface area contributed by atoms with Crippen LogP contribution < -0.4 is 20.9 Å². The maximum absolute atomic E-state index is 15.0. The number of alkyl halides is 3. The molecular formula is C27H31F4N7O5. The summed E-state index contributed by atoms with van der Waals surface area (Å²) < 4.78 is 62.0. The van der Waals surface area contributed by atoms with Gasteiger partial charge in [0.1, 0.15) is 12.4 Å². The third-order valence-electron chi connectivity index (χ3n) is 6.73. The van der Waals surface area contributed by atoms with Crippen molar-refractivity contribution >= 4 is 17.4 Å². The Morgan fingerprint density at radius 3 is 2.42 bits per heavy atom. The van der Waals surface area contributed by atoms with Crippen LogP contribution in [0.15, 0.2) is 35.4 Å². The first-order valence-corrected chi connectivity index (χ1v) is 13.3. The van der Waals surface area contributed by atoms with Crippen LogP contribution in [0.1, 0.15) is 16.8 Å². The number of aromatic amines is 1. The fourth-order valence-electron chi connectivity index (χ4n) is 4.52. The Balaban J connectivity index is 1.46. The summed E-state index contributed by atoms with van der Waals surface area (Å²) in [5.74, 6) is -0.918. The molecule has 2 aromatic heterocycles. The maximum Gasteiger partial charge on any atom is 0.416 e. The smallest absolute Gasteiger partial charge is 0.416 e. The molecule has 1 saturated heterocycles. The first-order valence-electron chi connectivity index (χ1n) is 13.3. The van der Waals surface area contributed by atoms with E-state index in [-0.39, 0.29) is 54.9 Å². The summed E-state index contributed by atoms with van der Waals surface area (Å²) in [5, 5.41) is 22.5. The number of aliphatic hydroxyl groups is 2. The summed E-state index contributed by atoms with van der Waals surface area (Å²) in [4.78, 5) is 39.2. The number of carbonyl (C=O) groups excluding carboxylic acids is 1. The Hall–Kier alpha value is -4.12. The van der Waals surface area contributed by atoms with Crippen molar-refractivity contribution in [2.75, 3.05) is 63.2 Å². The van der Waals surface area contributed by atoms with Crippen LogP contribution in [0.5, 0.6) is 5.75 Å². The minimum absolute atomic E-state index is 0.0104. The molecule has 16 heteroatoms. The van der Waals surface area contributed by atoms with E-state index in [4.69, 9.17) is 14.9 Å². The first-order chi connectivity index (χ1) is 20.5. The number of piperazine rings is 1. The second-order valence-electron chi connectivity index (χ2n) is 9.75. The SMILES string of the molecule is Cc1nc(-c2c[nH]c(=O)c(OCCO)c2)ncc1NC(=O)Nc1cc(C(F)(F)F)c(CN2CCN(CCO)CC2)cc1F. The quantitative estimate of drug-likeness (QED) is 0.218. The van der Waals surface area contributed by atoms with Crippen molar-refractivity contribution in [2.24, 2.45) is 0 Å². The molecule has 3 heterocycles. The number of nitrogens with zero attached hydrogens (tertiary/aromatic N) is 4. The maximum atomic E-state index is 15.0. The number of halogens is 4. The van der Waals surface area contributed by atoms with Gasteiger partial charge in [-0.2, -0.15) is 13.2 Å². The zero-order valence-electron chi connectivity index (χ0n) is 23.2. The van der Waals surface area contributed by atoms with Crippen LogP contribution >= 0.6 is 0 Å². The normalized spacial score (nSPS) is 14.5. The molecule has 0 radical (unpaired) electrons. The Morgan fingerprint density at radius 2 is 1.77 bits per heavy atom. The van der Waals surface area contributed by atoms with E-state index in [1.807, 2.05) is 4.90 Å². The number of benzene rings is 1. The Labute approximate surface area is 243 Å². The summed E-state index contributed by atoms with van der Waals surface area (Å²) >= 11 is 0. The van der Waals surface area contributed by atoms with Gasteiger partial charge in [0.2, 0.25) is 0 Å². The number of aryl methyl sites for hydroxylation is 1. The number of carbonyl (C=O) groups is 1. The van der Waals surface area contributed by atoms with E-state index in [9.17, 15) is 27.2 Å². The molecule has 2 amide bonds. The van der Waals surface area contributed by atoms with Gasteiger partial charge in [0.05, 0.1) is 42.0 Å². The van der Waals surface area contributed by atoms with Crippen molar-refractivity contribution in [3.8, 4) is 17.1 Å². The number of anilines is 2. The molecule has 43 heavy (non-hydrogen) atoms. The Morgan fingerprint density at radius 1 is 1.07 bits per heavy atom. The monoisotopic (exact) mass is 609 g/mol. The number of urea groups is 1. The summed E-state index contributed by atoms with van der Waals surface area (Å²) in [7, 11) is 0. The molecule has 0 unspecified atom stereocenters. The van der Waals surface area contributed by atoms with E-state index in [1.165, 1.54) is 25.4 Å². The molecule has 232 valence electrons. The standard InChI is InChI=1S/C27H31F4N7O5/c1-16-22(14-32-24(34-16)17-11-23(43-9-8-40)25(41)33-13-17)36-26(42)35-21-12-19(27(29,30)31)18(10-20(21)28)15-38-4-2-37(3-5-38)6-7-39/h10-14,39-40H,2-9,15H2,1H3,(H,33,41)(H2,35,36,42). The molecule has 1 aliphatic heterocycles.